The maximum atomic E-state index is 5.71. The Labute approximate surface area is 85.3 Å². The van der Waals surface area contributed by atoms with Gasteiger partial charge < -0.3 is 4.90 Å². The SMILES string of the molecule is CCN(CCCl)c1ccc(C)cc1. The van der Waals surface area contributed by atoms with Crippen molar-refractivity contribution in [1.29, 1.82) is 0 Å². The predicted octanol–water partition coefficient (Wildman–Crippen LogP) is 3.06. The van der Waals surface area contributed by atoms with E-state index in [1.54, 1.807) is 0 Å². The predicted molar refractivity (Wildman–Crippen MR) is 59.8 cm³/mol. The molecular formula is C11H16ClN. The van der Waals surface area contributed by atoms with Crippen LogP contribution in [0, 0.1) is 6.92 Å². The summed E-state index contributed by atoms with van der Waals surface area (Å²) in [5.41, 5.74) is 2.56. The van der Waals surface area contributed by atoms with E-state index in [1.165, 1.54) is 11.3 Å². The van der Waals surface area contributed by atoms with Crippen LogP contribution >= 0.6 is 11.6 Å². The summed E-state index contributed by atoms with van der Waals surface area (Å²) in [7, 11) is 0. The van der Waals surface area contributed by atoms with E-state index in [2.05, 4.69) is 43.0 Å². The molecule has 0 bridgehead atoms. The molecule has 0 unspecified atom stereocenters. The molecule has 0 aliphatic rings. The molecule has 2 heteroatoms. The summed E-state index contributed by atoms with van der Waals surface area (Å²) in [5, 5.41) is 0. The first-order chi connectivity index (χ1) is 6.27. The summed E-state index contributed by atoms with van der Waals surface area (Å²) in [6.07, 6.45) is 0. The number of alkyl halides is 1. The molecule has 1 rings (SSSR count). The Morgan fingerprint density at radius 2 is 1.85 bits per heavy atom. The van der Waals surface area contributed by atoms with Crippen LogP contribution in [0.25, 0.3) is 0 Å². The molecule has 1 nitrogen and oxygen atoms in total. The van der Waals surface area contributed by atoms with Crippen molar-refractivity contribution in [2.45, 2.75) is 13.8 Å². The number of aryl methyl sites for hydroxylation is 1. The van der Waals surface area contributed by atoms with Crippen molar-refractivity contribution in [1.82, 2.24) is 0 Å². The summed E-state index contributed by atoms with van der Waals surface area (Å²) >= 11 is 5.71. The van der Waals surface area contributed by atoms with Crippen molar-refractivity contribution in [2.24, 2.45) is 0 Å². The number of hydrogen-bond acceptors (Lipinski definition) is 1. The smallest absolute Gasteiger partial charge is 0.0399 e. The molecule has 0 N–H and O–H groups in total. The number of halogens is 1. The molecular weight excluding hydrogens is 182 g/mol. The number of hydrogen-bond donors (Lipinski definition) is 0. The van der Waals surface area contributed by atoms with Crippen molar-refractivity contribution in [3.05, 3.63) is 29.8 Å². The Hall–Kier alpha value is -0.690. The first-order valence-corrected chi connectivity index (χ1v) is 5.19. The highest BCUT2D eigenvalue weighted by atomic mass is 35.5. The molecule has 0 aromatic heterocycles. The normalized spacial score (nSPS) is 10.1. The lowest BCUT2D eigenvalue weighted by Crippen LogP contribution is -2.24. The van der Waals surface area contributed by atoms with Gasteiger partial charge in [0.2, 0.25) is 0 Å². The summed E-state index contributed by atoms with van der Waals surface area (Å²) in [6.45, 7) is 6.17. The summed E-state index contributed by atoms with van der Waals surface area (Å²) in [5.74, 6) is 0.682. The van der Waals surface area contributed by atoms with E-state index < -0.39 is 0 Å². The largest absolute Gasteiger partial charge is 0.371 e. The van der Waals surface area contributed by atoms with Crippen LogP contribution in [0.1, 0.15) is 12.5 Å². The number of nitrogens with zero attached hydrogens (tertiary/aromatic N) is 1. The molecule has 13 heavy (non-hydrogen) atoms. The third-order valence-corrected chi connectivity index (χ3v) is 2.30. The quantitative estimate of drug-likeness (QED) is 0.671. The molecule has 0 fully saturated rings. The summed E-state index contributed by atoms with van der Waals surface area (Å²) < 4.78 is 0. The van der Waals surface area contributed by atoms with Gasteiger partial charge in [0.25, 0.3) is 0 Å². The molecule has 1 aromatic carbocycles. The third kappa shape index (κ3) is 2.92. The Bertz CT molecular complexity index is 243. The van der Waals surface area contributed by atoms with E-state index in [0.717, 1.165) is 13.1 Å². The zero-order valence-electron chi connectivity index (χ0n) is 8.26. The van der Waals surface area contributed by atoms with E-state index in [4.69, 9.17) is 11.6 Å². The fourth-order valence-electron chi connectivity index (χ4n) is 1.33. The molecule has 0 atom stereocenters. The van der Waals surface area contributed by atoms with Crippen molar-refractivity contribution >= 4 is 17.3 Å². The van der Waals surface area contributed by atoms with Crippen LogP contribution in [0.15, 0.2) is 24.3 Å². The second kappa shape index (κ2) is 5.13. The van der Waals surface area contributed by atoms with Gasteiger partial charge in [0.1, 0.15) is 0 Å². The van der Waals surface area contributed by atoms with Gasteiger partial charge in [-0.2, -0.15) is 0 Å². The highest BCUT2D eigenvalue weighted by Gasteiger charge is 2.01. The Morgan fingerprint density at radius 3 is 2.31 bits per heavy atom. The maximum Gasteiger partial charge on any atom is 0.0399 e. The molecule has 0 spiro atoms. The first-order valence-electron chi connectivity index (χ1n) is 4.65. The second-order valence-corrected chi connectivity index (χ2v) is 3.48. The lowest BCUT2D eigenvalue weighted by molar-refractivity contribution is 0.870. The van der Waals surface area contributed by atoms with Gasteiger partial charge >= 0.3 is 0 Å². The average Bonchev–Trinajstić information content (AvgIpc) is 2.16. The van der Waals surface area contributed by atoms with E-state index in [0.29, 0.717) is 5.88 Å². The zero-order chi connectivity index (χ0) is 9.68. The lowest BCUT2D eigenvalue weighted by atomic mass is 10.2. The molecule has 1 aromatic rings. The molecule has 0 amide bonds. The Kier molecular flexibility index (Phi) is 4.10. The van der Waals surface area contributed by atoms with Crippen molar-refractivity contribution < 1.29 is 0 Å². The van der Waals surface area contributed by atoms with Crippen molar-refractivity contribution in [2.75, 3.05) is 23.9 Å². The molecule has 0 heterocycles. The molecule has 0 saturated carbocycles. The van der Waals surface area contributed by atoms with Crippen LogP contribution in [0.2, 0.25) is 0 Å². The van der Waals surface area contributed by atoms with Crippen LogP contribution < -0.4 is 4.90 Å². The zero-order valence-corrected chi connectivity index (χ0v) is 9.01. The van der Waals surface area contributed by atoms with Crippen molar-refractivity contribution in [3.8, 4) is 0 Å². The second-order valence-electron chi connectivity index (χ2n) is 3.10. The van der Waals surface area contributed by atoms with Crippen molar-refractivity contribution in [3.63, 3.8) is 0 Å². The minimum atomic E-state index is 0.682. The van der Waals surface area contributed by atoms with E-state index in [9.17, 15) is 0 Å². The number of anilines is 1. The highest BCUT2D eigenvalue weighted by Crippen LogP contribution is 2.14. The Morgan fingerprint density at radius 1 is 1.23 bits per heavy atom. The van der Waals surface area contributed by atoms with Gasteiger partial charge in [-0.3, -0.25) is 0 Å². The van der Waals surface area contributed by atoms with Gasteiger partial charge in [-0.1, -0.05) is 17.7 Å². The molecule has 0 saturated heterocycles. The van der Waals surface area contributed by atoms with E-state index >= 15 is 0 Å². The first kappa shape index (κ1) is 10.4. The Balaban J connectivity index is 2.73. The summed E-state index contributed by atoms with van der Waals surface area (Å²) in [6, 6.07) is 8.55. The standard InChI is InChI=1S/C11H16ClN/c1-3-13(9-8-12)11-6-4-10(2)5-7-11/h4-7H,3,8-9H2,1-2H3. The van der Waals surface area contributed by atoms with E-state index in [1.807, 2.05) is 0 Å². The van der Waals surface area contributed by atoms with Crippen LogP contribution in [0.4, 0.5) is 5.69 Å². The van der Waals surface area contributed by atoms with Crippen LogP contribution in [0.5, 0.6) is 0 Å². The minimum absolute atomic E-state index is 0.682. The van der Waals surface area contributed by atoms with Gasteiger partial charge in [-0.25, -0.2) is 0 Å². The van der Waals surface area contributed by atoms with Crippen LogP contribution in [-0.2, 0) is 0 Å². The van der Waals surface area contributed by atoms with Gasteiger partial charge in [0.15, 0.2) is 0 Å². The van der Waals surface area contributed by atoms with Gasteiger partial charge in [-0.05, 0) is 26.0 Å². The van der Waals surface area contributed by atoms with Gasteiger partial charge in [0, 0.05) is 24.7 Å². The van der Waals surface area contributed by atoms with Gasteiger partial charge in [0.05, 0.1) is 0 Å². The fourth-order valence-corrected chi connectivity index (χ4v) is 1.53. The summed E-state index contributed by atoms with van der Waals surface area (Å²) in [4.78, 5) is 2.27. The van der Waals surface area contributed by atoms with E-state index in [-0.39, 0.29) is 0 Å². The molecule has 0 aliphatic carbocycles. The fraction of sp³-hybridized carbons (Fsp3) is 0.455. The lowest BCUT2D eigenvalue weighted by Gasteiger charge is -2.21. The minimum Gasteiger partial charge on any atom is -0.371 e. The molecule has 72 valence electrons. The number of rotatable bonds is 4. The van der Waals surface area contributed by atoms with Crippen LogP contribution in [0.3, 0.4) is 0 Å². The number of benzene rings is 1. The average molecular weight is 198 g/mol. The monoisotopic (exact) mass is 197 g/mol. The molecule has 0 aliphatic heterocycles. The molecule has 0 radical (unpaired) electrons. The van der Waals surface area contributed by atoms with Gasteiger partial charge in [-0.15, -0.1) is 11.6 Å². The third-order valence-electron chi connectivity index (χ3n) is 2.14. The highest BCUT2D eigenvalue weighted by molar-refractivity contribution is 6.18. The maximum absolute atomic E-state index is 5.71. The van der Waals surface area contributed by atoms with Crippen LogP contribution in [-0.4, -0.2) is 19.0 Å². The topological polar surface area (TPSA) is 3.24 Å².